The van der Waals surface area contributed by atoms with E-state index in [-0.39, 0.29) is 17.9 Å². The highest BCUT2D eigenvalue weighted by molar-refractivity contribution is 5.81. The van der Waals surface area contributed by atoms with Gasteiger partial charge in [0.1, 0.15) is 6.10 Å². The van der Waals surface area contributed by atoms with Crippen molar-refractivity contribution in [2.75, 3.05) is 52.4 Å². The zero-order valence-electron chi connectivity index (χ0n) is 14.4. The predicted molar refractivity (Wildman–Crippen MR) is 89.1 cm³/mol. The molecule has 2 rings (SSSR count). The summed E-state index contributed by atoms with van der Waals surface area (Å²) in [6.07, 6.45) is 1.57. The fraction of sp³-hybridized carbons (Fsp3) is 0.765. The number of ether oxygens (including phenoxy) is 1. The van der Waals surface area contributed by atoms with E-state index in [1.165, 1.54) is 0 Å². The Kier molecular flexibility index (Phi) is 6.59. The monoisotopic (exact) mass is 323 g/mol. The molecule has 0 bridgehead atoms. The standard InChI is InChI=1S/C17H29N3O3/c1-4-19(12-14(2)3)16(21)13-18-7-9-20(10-8-18)17(22)15-6-5-11-23-15/h15H,2,4-13H2,1,3H3. The van der Waals surface area contributed by atoms with Crippen LogP contribution >= 0.6 is 0 Å². The SMILES string of the molecule is C=C(C)CN(CC)C(=O)CN1CCN(C(=O)C2CCCO2)CC1. The molecule has 130 valence electrons. The lowest BCUT2D eigenvalue weighted by Gasteiger charge is -2.36. The summed E-state index contributed by atoms with van der Waals surface area (Å²) in [7, 11) is 0. The van der Waals surface area contributed by atoms with Gasteiger partial charge in [-0.05, 0) is 26.7 Å². The van der Waals surface area contributed by atoms with Crippen LogP contribution in [0.5, 0.6) is 0 Å². The van der Waals surface area contributed by atoms with Crippen LogP contribution in [-0.2, 0) is 14.3 Å². The van der Waals surface area contributed by atoms with Gasteiger partial charge in [0.25, 0.3) is 5.91 Å². The van der Waals surface area contributed by atoms with E-state index >= 15 is 0 Å². The van der Waals surface area contributed by atoms with Gasteiger partial charge in [-0.25, -0.2) is 0 Å². The second-order valence-electron chi connectivity index (χ2n) is 6.47. The molecule has 0 aromatic heterocycles. The number of likely N-dealkylation sites (N-methyl/N-ethyl adjacent to an activating group) is 1. The lowest BCUT2D eigenvalue weighted by molar-refractivity contribution is -0.143. The Labute approximate surface area is 139 Å². The second kappa shape index (κ2) is 8.45. The third-order valence-electron chi connectivity index (χ3n) is 4.44. The highest BCUT2D eigenvalue weighted by Crippen LogP contribution is 2.16. The third-order valence-corrected chi connectivity index (χ3v) is 4.44. The molecular formula is C17H29N3O3. The van der Waals surface area contributed by atoms with Crippen molar-refractivity contribution in [1.29, 1.82) is 0 Å². The van der Waals surface area contributed by atoms with Crippen molar-refractivity contribution in [3.8, 4) is 0 Å². The average molecular weight is 323 g/mol. The Morgan fingerprint density at radius 2 is 1.96 bits per heavy atom. The Hall–Kier alpha value is -1.40. The van der Waals surface area contributed by atoms with Crippen molar-refractivity contribution >= 4 is 11.8 Å². The van der Waals surface area contributed by atoms with Gasteiger partial charge in [-0.2, -0.15) is 0 Å². The number of hydrogen-bond acceptors (Lipinski definition) is 4. The number of hydrogen-bond donors (Lipinski definition) is 0. The van der Waals surface area contributed by atoms with Gasteiger partial charge in [0, 0.05) is 45.9 Å². The van der Waals surface area contributed by atoms with E-state index in [1.807, 2.05) is 23.6 Å². The van der Waals surface area contributed by atoms with Crippen LogP contribution in [0, 0.1) is 0 Å². The van der Waals surface area contributed by atoms with E-state index in [0.29, 0.717) is 39.3 Å². The first kappa shape index (κ1) is 17.9. The van der Waals surface area contributed by atoms with Crippen molar-refractivity contribution in [3.63, 3.8) is 0 Å². The first-order chi connectivity index (χ1) is 11.0. The van der Waals surface area contributed by atoms with Gasteiger partial charge in [-0.3, -0.25) is 14.5 Å². The fourth-order valence-electron chi connectivity index (χ4n) is 3.10. The first-order valence-electron chi connectivity index (χ1n) is 8.56. The molecular weight excluding hydrogens is 294 g/mol. The van der Waals surface area contributed by atoms with Crippen molar-refractivity contribution in [2.24, 2.45) is 0 Å². The van der Waals surface area contributed by atoms with Gasteiger partial charge in [0.15, 0.2) is 0 Å². The molecule has 2 heterocycles. The molecule has 6 heteroatoms. The molecule has 2 aliphatic heterocycles. The number of amides is 2. The number of piperazine rings is 1. The topological polar surface area (TPSA) is 53.1 Å². The van der Waals surface area contributed by atoms with Crippen molar-refractivity contribution in [1.82, 2.24) is 14.7 Å². The Balaban J connectivity index is 1.76. The van der Waals surface area contributed by atoms with E-state index < -0.39 is 0 Å². The second-order valence-corrected chi connectivity index (χ2v) is 6.47. The quantitative estimate of drug-likeness (QED) is 0.677. The normalized spacial score (nSPS) is 22.2. The minimum absolute atomic E-state index is 0.117. The summed E-state index contributed by atoms with van der Waals surface area (Å²) in [6.45, 7) is 13.1. The van der Waals surface area contributed by atoms with Crippen LogP contribution in [0.2, 0.25) is 0 Å². The Bertz CT molecular complexity index is 438. The number of nitrogens with zero attached hydrogens (tertiary/aromatic N) is 3. The Morgan fingerprint density at radius 3 is 2.48 bits per heavy atom. The van der Waals surface area contributed by atoms with Gasteiger partial charge in [-0.15, -0.1) is 0 Å². The van der Waals surface area contributed by atoms with Gasteiger partial charge in [0.05, 0.1) is 6.54 Å². The van der Waals surface area contributed by atoms with Crippen LogP contribution < -0.4 is 0 Å². The molecule has 2 fully saturated rings. The third kappa shape index (κ3) is 5.04. The summed E-state index contributed by atoms with van der Waals surface area (Å²) < 4.78 is 5.47. The van der Waals surface area contributed by atoms with E-state index in [9.17, 15) is 9.59 Å². The molecule has 0 radical (unpaired) electrons. The molecule has 0 aliphatic carbocycles. The number of carbonyl (C=O) groups is 2. The predicted octanol–water partition coefficient (Wildman–Crippen LogP) is 0.734. The highest BCUT2D eigenvalue weighted by Gasteiger charge is 2.30. The molecule has 2 aliphatic rings. The minimum Gasteiger partial charge on any atom is -0.368 e. The molecule has 1 atom stereocenters. The maximum Gasteiger partial charge on any atom is 0.251 e. The van der Waals surface area contributed by atoms with Crippen LogP contribution in [-0.4, -0.2) is 85.0 Å². The first-order valence-corrected chi connectivity index (χ1v) is 8.56. The lowest BCUT2D eigenvalue weighted by atomic mass is 10.2. The molecule has 0 spiro atoms. The fourth-order valence-corrected chi connectivity index (χ4v) is 3.10. The van der Waals surface area contributed by atoms with E-state index in [1.54, 1.807) is 0 Å². The van der Waals surface area contributed by atoms with Gasteiger partial charge in [0.2, 0.25) is 5.91 Å². The minimum atomic E-state index is -0.241. The van der Waals surface area contributed by atoms with Gasteiger partial charge < -0.3 is 14.5 Å². The summed E-state index contributed by atoms with van der Waals surface area (Å²) in [4.78, 5) is 30.5. The highest BCUT2D eigenvalue weighted by atomic mass is 16.5. The van der Waals surface area contributed by atoms with Crippen LogP contribution in [0.3, 0.4) is 0 Å². The van der Waals surface area contributed by atoms with Crippen LogP contribution in [0.25, 0.3) is 0 Å². The summed E-state index contributed by atoms with van der Waals surface area (Å²) in [5.74, 6) is 0.250. The molecule has 6 nitrogen and oxygen atoms in total. The zero-order valence-corrected chi connectivity index (χ0v) is 14.4. The summed E-state index contributed by atoms with van der Waals surface area (Å²) >= 11 is 0. The van der Waals surface area contributed by atoms with Gasteiger partial charge >= 0.3 is 0 Å². The lowest BCUT2D eigenvalue weighted by Crippen LogP contribution is -2.53. The van der Waals surface area contributed by atoms with Crippen LogP contribution in [0.15, 0.2) is 12.2 Å². The molecule has 0 N–H and O–H groups in total. The molecule has 0 saturated carbocycles. The molecule has 2 saturated heterocycles. The Morgan fingerprint density at radius 1 is 1.26 bits per heavy atom. The molecule has 0 aromatic rings. The zero-order chi connectivity index (χ0) is 16.8. The van der Waals surface area contributed by atoms with E-state index in [4.69, 9.17) is 4.74 Å². The summed E-state index contributed by atoms with van der Waals surface area (Å²) in [6, 6.07) is 0. The van der Waals surface area contributed by atoms with Crippen molar-refractivity contribution in [2.45, 2.75) is 32.8 Å². The maximum atomic E-state index is 12.3. The van der Waals surface area contributed by atoms with E-state index in [0.717, 1.165) is 31.5 Å². The van der Waals surface area contributed by atoms with Crippen LogP contribution in [0.1, 0.15) is 26.7 Å². The largest absolute Gasteiger partial charge is 0.368 e. The summed E-state index contributed by atoms with van der Waals surface area (Å²) in [5, 5.41) is 0. The smallest absolute Gasteiger partial charge is 0.251 e. The number of rotatable bonds is 6. The average Bonchev–Trinajstić information content (AvgIpc) is 3.06. The molecule has 2 amide bonds. The van der Waals surface area contributed by atoms with E-state index in [2.05, 4.69) is 11.5 Å². The van der Waals surface area contributed by atoms with Crippen molar-refractivity contribution in [3.05, 3.63) is 12.2 Å². The number of carbonyl (C=O) groups excluding carboxylic acids is 2. The van der Waals surface area contributed by atoms with Gasteiger partial charge in [-0.1, -0.05) is 12.2 Å². The molecule has 1 unspecified atom stereocenters. The molecule has 23 heavy (non-hydrogen) atoms. The maximum absolute atomic E-state index is 12.3. The van der Waals surface area contributed by atoms with Crippen LogP contribution in [0.4, 0.5) is 0 Å². The molecule has 0 aromatic carbocycles. The van der Waals surface area contributed by atoms with Crippen molar-refractivity contribution < 1.29 is 14.3 Å². The summed E-state index contributed by atoms with van der Waals surface area (Å²) in [5.41, 5.74) is 0.993.